The van der Waals surface area contributed by atoms with E-state index in [2.05, 4.69) is 29.6 Å². The Bertz CT molecular complexity index is 1380. The van der Waals surface area contributed by atoms with E-state index < -0.39 is 35.6 Å². The van der Waals surface area contributed by atoms with Crippen LogP contribution in [0.3, 0.4) is 0 Å². The summed E-state index contributed by atoms with van der Waals surface area (Å²) in [5, 5.41) is 2.84. The third-order valence-electron chi connectivity index (χ3n) is 8.03. The highest BCUT2D eigenvalue weighted by atomic mass is 16.5. The first-order chi connectivity index (χ1) is 19.6. The maximum absolute atomic E-state index is 14.3. The van der Waals surface area contributed by atoms with Crippen molar-refractivity contribution in [3.63, 3.8) is 0 Å². The topological polar surface area (TPSA) is 84.9 Å². The minimum atomic E-state index is -0.896. The molecular weight excluding hydrogens is 516 g/mol. The number of hydrogen-bond donors (Lipinski definition) is 1. The van der Waals surface area contributed by atoms with E-state index in [-0.39, 0.29) is 31.0 Å². The molecule has 1 saturated heterocycles. The first kappa shape index (κ1) is 28.4. The lowest BCUT2D eigenvalue weighted by atomic mass is 9.82. The van der Waals surface area contributed by atoms with Crippen LogP contribution in [0.15, 0.2) is 78.9 Å². The maximum atomic E-state index is 14.3. The number of morpholine rings is 1. The van der Waals surface area contributed by atoms with Gasteiger partial charge in [0.25, 0.3) is 0 Å². The van der Waals surface area contributed by atoms with Crippen molar-refractivity contribution in [1.29, 1.82) is 0 Å². The van der Waals surface area contributed by atoms with E-state index in [0.717, 1.165) is 27.8 Å². The van der Waals surface area contributed by atoms with Crippen molar-refractivity contribution in [3.05, 3.63) is 95.6 Å². The van der Waals surface area contributed by atoms with Crippen molar-refractivity contribution in [2.75, 3.05) is 13.2 Å². The van der Waals surface area contributed by atoms with Gasteiger partial charge in [0.2, 0.25) is 5.91 Å². The number of esters is 1. The predicted octanol–water partition coefficient (Wildman–Crippen LogP) is 6.09. The van der Waals surface area contributed by atoms with Gasteiger partial charge in [-0.05, 0) is 39.2 Å². The summed E-state index contributed by atoms with van der Waals surface area (Å²) in [6.07, 6.45) is -0.665. The summed E-state index contributed by atoms with van der Waals surface area (Å²) < 4.78 is 11.4. The normalized spacial score (nSPS) is 19.3. The first-order valence-corrected chi connectivity index (χ1v) is 14.2. The van der Waals surface area contributed by atoms with Gasteiger partial charge >= 0.3 is 12.1 Å². The molecule has 0 radical (unpaired) electrons. The molecule has 5 rings (SSSR count). The summed E-state index contributed by atoms with van der Waals surface area (Å²) in [6.45, 7) is 9.68. The highest BCUT2D eigenvalue weighted by molar-refractivity contribution is 5.91. The molecule has 7 nitrogen and oxygen atoms in total. The molecule has 41 heavy (non-hydrogen) atoms. The number of ether oxygens (including phenoxy) is 2. The molecule has 3 aromatic rings. The quantitative estimate of drug-likeness (QED) is 0.373. The van der Waals surface area contributed by atoms with Crippen LogP contribution in [0.2, 0.25) is 0 Å². The highest BCUT2D eigenvalue weighted by Crippen LogP contribution is 2.44. The second-order valence-electron chi connectivity index (χ2n) is 12.3. The highest BCUT2D eigenvalue weighted by Gasteiger charge is 2.49. The standard InChI is InChI=1S/C34H38N2O5/c1-21(2)29(31(37)36-28(22-13-7-6-8-14-22)20-40-32(38)30(36)34(3,4)5)35-33(39)41-19-27-25-17-11-9-15-23(25)24-16-10-12-18-26(24)27/h6-18,21,27-30H,19-20H2,1-5H3,(H,35,39)/t28-,29-,30+/m0/s1. The summed E-state index contributed by atoms with van der Waals surface area (Å²) in [5.41, 5.74) is 4.79. The minimum Gasteiger partial charge on any atom is -0.462 e. The van der Waals surface area contributed by atoms with E-state index in [1.54, 1.807) is 4.90 Å². The molecule has 1 aliphatic carbocycles. The fourth-order valence-electron chi connectivity index (χ4n) is 6.04. The van der Waals surface area contributed by atoms with E-state index >= 15 is 0 Å². The number of benzene rings is 3. The Kier molecular flexibility index (Phi) is 7.89. The molecule has 0 bridgehead atoms. The second-order valence-corrected chi connectivity index (χ2v) is 12.3. The first-order valence-electron chi connectivity index (χ1n) is 14.2. The van der Waals surface area contributed by atoms with Crippen LogP contribution in [-0.2, 0) is 19.1 Å². The van der Waals surface area contributed by atoms with Crippen LogP contribution >= 0.6 is 0 Å². The average molecular weight is 555 g/mol. The van der Waals surface area contributed by atoms with Crippen LogP contribution in [0, 0.1) is 11.3 Å². The van der Waals surface area contributed by atoms with Crippen molar-refractivity contribution in [2.45, 2.75) is 58.7 Å². The molecular formula is C34H38N2O5. The molecule has 3 aromatic carbocycles. The Morgan fingerprint density at radius 1 is 0.927 bits per heavy atom. The SMILES string of the molecule is CC(C)[C@H](NC(=O)OCC1c2ccccc2-c2ccccc21)C(=O)N1[C@H](c2ccccc2)COC(=O)[C@@H]1C(C)(C)C. The number of nitrogens with zero attached hydrogens (tertiary/aromatic N) is 1. The zero-order valence-electron chi connectivity index (χ0n) is 24.3. The van der Waals surface area contributed by atoms with Crippen LogP contribution < -0.4 is 5.32 Å². The van der Waals surface area contributed by atoms with Crippen molar-refractivity contribution in [3.8, 4) is 11.1 Å². The number of carbonyl (C=O) groups excluding carboxylic acids is 3. The Morgan fingerprint density at radius 3 is 2.05 bits per heavy atom. The van der Waals surface area contributed by atoms with Gasteiger partial charge in [0, 0.05) is 5.92 Å². The number of fused-ring (bicyclic) bond motifs is 3. The van der Waals surface area contributed by atoms with Crippen molar-refractivity contribution >= 4 is 18.0 Å². The number of alkyl carbamates (subject to hydrolysis) is 1. The third kappa shape index (κ3) is 5.58. The Morgan fingerprint density at radius 2 is 1.49 bits per heavy atom. The summed E-state index contributed by atoms with van der Waals surface area (Å²) >= 11 is 0. The van der Waals surface area contributed by atoms with Crippen molar-refractivity contribution in [2.24, 2.45) is 11.3 Å². The van der Waals surface area contributed by atoms with Gasteiger partial charge < -0.3 is 19.7 Å². The molecule has 1 N–H and O–H groups in total. The van der Waals surface area contributed by atoms with Crippen molar-refractivity contribution < 1.29 is 23.9 Å². The summed E-state index contributed by atoms with van der Waals surface area (Å²) in [4.78, 5) is 42.2. The van der Waals surface area contributed by atoms with E-state index in [4.69, 9.17) is 9.47 Å². The lowest BCUT2D eigenvalue weighted by Gasteiger charge is -2.47. The summed E-state index contributed by atoms with van der Waals surface area (Å²) in [7, 11) is 0. The van der Waals surface area contributed by atoms with Gasteiger partial charge in [-0.2, -0.15) is 0 Å². The minimum absolute atomic E-state index is 0.0525. The smallest absolute Gasteiger partial charge is 0.407 e. The maximum Gasteiger partial charge on any atom is 0.407 e. The van der Waals surface area contributed by atoms with Crippen LogP contribution in [0.5, 0.6) is 0 Å². The van der Waals surface area contributed by atoms with Crippen molar-refractivity contribution in [1.82, 2.24) is 10.2 Å². The molecule has 2 aliphatic rings. The van der Waals surface area contributed by atoms with E-state index in [1.807, 2.05) is 89.2 Å². The summed E-state index contributed by atoms with van der Waals surface area (Å²) in [5.74, 6) is -1.12. The van der Waals surface area contributed by atoms with Gasteiger partial charge in [0.1, 0.15) is 25.3 Å². The van der Waals surface area contributed by atoms with Crippen LogP contribution in [0.4, 0.5) is 4.79 Å². The van der Waals surface area contributed by atoms with Gasteiger partial charge in [0.15, 0.2) is 0 Å². The molecule has 0 aromatic heterocycles. The Hall–Kier alpha value is -4.13. The number of nitrogens with one attached hydrogen (secondary N) is 1. The zero-order chi connectivity index (χ0) is 29.3. The average Bonchev–Trinajstić information content (AvgIpc) is 3.27. The molecule has 0 spiro atoms. The molecule has 1 fully saturated rings. The summed E-state index contributed by atoms with van der Waals surface area (Å²) in [6, 6.07) is 23.6. The third-order valence-corrected chi connectivity index (χ3v) is 8.03. The Balaban J connectivity index is 1.37. The number of rotatable bonds is 6. The van der Waals surface area contributed by atoms with Gasteiger partial charge in [-0.1, -0.05) is 113 Å². The molecule has 2 amide bonds. The van der Waals surface area contributed by atoms with Gasteiger partial charge in [-0.3, -0.25) is 4.79 Å². The molecule has 7 heteroatoms. The lowest BCUT2D eigenvalue weighted by molar-refractivity contribution is -0.177. The van der Waals surface area contributed by atoms with Gasteiger partial charge in [-0.25, -0.2) is 9.59 Å². The van der Waals surface area contributed by atoms with Crippen LogP contribution in [0.1, 0.15) is 63.3 Å². The van der Waals surface area contributed by atoms with E-state index in [9.17, 15) is 14.4 Å². The molecule has 0 unspecified atom stereocenters. The number of hydrogen-bond acceptors (Lipinski definition) is 5. The molecule has 1 aliphatic heterocycles. The fraction of sp³-hybridized carbons (Fsp3) is 0.382. The van der Waals surface area contributed by atoms with Gasteiger partial charge in [0.05, 0.1) is 6.04 Å². The van der Waals surface area contributed by atoms with Crippen LogP contribution in [0.25, 0.3) is 11.1 Å². The molecule has 3 atom stereocenters. The van der Waals surface area contributed by atoms with Gasteiger partial charge in [-0.15, -0.1) is 0 Å². The largest absolute Gasteiger partial charge is 0.462 e. The van der Waals surface area contributed by atoms with Crippen LogP contribution in [-0.4, -0.2) is 48.2 Å². The van der Waals surface area contributed by atoms with E-state index in [1.165, 1.54) is 0 Å². The lowest BCUT2D eigenvalue weighted by Crippen LogP contribution is -2.63. The van der Waals surface area contributed by atoms with E-state index in [0.29, 0.717) is 0 Å². The molecule has 0 saturated carbocycles. The molecule has 1 heterocycles. The monoisotopic (exact) mass is 554 g/mol. The number of amides is 2. The number of cyclic esters (lactones) is 1. The second kappa shape index (κ2) is 11.4. The number of carbonyl (C=O) groups is 3. The predicted molar refractivity (Wildman–Crippen MR) is 157 cm³/mol. The zero-order valence-corrected chi connectivity index (χ0v) is 24.3. The Labute approximate surface area is 241 Å². The fourth-order valence-corrected chi connectivity index (χ4v) is 6.04. The molecule has 214 valence electrons.